The molecule has 0 N–H and O–H groups in total. The summed E-state index contributed by atoms with van der Waals surface area (Å²) in [6.45, 7) is 1.77. The standard InChI is InChI=1S/C20H23FN4O3/c21-16-4-1-5-17(12-16)25-15-20(28-14-19(25)27)6-2-9-23(11-7-20)18(26)13-24-10-3-8-22-24/h1,3-5,8,10,12H,2,6-7,9,11,13-15H2. The lowest BCUT2D eigenvalue weighted by Crippen LogP contribution is -2.55. The quantitative estimate of drug-likeness (QED) is 0.807. The van der Waals surface area contributed by atoms with E-state index in [0.29, 0.717) is 31.7 Å². The monoisotopic (exact) mass is 386 g/mol. The third-order valence-electron chi connectivity index (χ3n) is 5.48. The molecule has 2 aromatic rings. The average molecular weight is 386 g/mol. The number of carbonyl (C=O) groups excluding carboxylic acids is 2. The molecule has 2 aliphatic heterocycles. The number of nitrogens with zero attached hydrogens (tertiary/aromatic N) is 4. The first-order valence-electron chi connectivity index (χ1n) is 9.50. The van der Waals surface area contributed by atoms with E-state index >= 15 is 0 Å². The Morgan fingerprint density at radius 2 is 2.14 bits per heavy atom. The van der Waals surface area contributed by atoms with Crippen molar-refractivity contribution < 1.29 is 18.7 Å². The topological polar surface area (TPSA) is 67.7 Å². The lowest BCUT2D eigenvalue weighted by atomic mass is 9.92. The van der Waals surface area contributed by atoms with E-state index < -0.39 is 5.60 Å². The molecule has 2 saturated heterocycles. The largest absolute Gasteiger partial charge is 0.363 e. The molecule has 3 heterocycles. The van der Waals surface area contributed by atoms with Gasteiger partial charge < -0.3 is 14.5 Å². The minimum absolute atomic E-state index is 0.0228. The summed E-state index contributed by atoms with van der Waals surface area (Å²) in [5, 5.41) is 4.09. The van der Waals surface area contributed by atoms with Crippen molar-refractivity contribution in [2.24, 2.45) is 0 Å². The predicted molar refractivity (Wildman–Crippen MR) is 100 cm³/mol. The Kier molecular flexibility index (Phi) is 5.13. The normalized spacial score (nSPS) is 23.1. The highest BCUT2D eigenvalue weighted by Crippen LogP contribution is 2.33. The minimum atomic E-state index is -0.513. The van der Waals surface area contributed by atoms with Crippen molar-refractivity contribution in [1.82, 2.24) is 14.7 Å². The Morgan fingerprint density at radius 3 is 2.93 bits per heavy atom. The Bertz CT molecular complexity index is 857. The number of carbonyl (C=O) groups is 2. The molecule has 1 aromatic heterocycles. The highest BCUT2D eigenvalue weighted by molar-refractivity contribution is 5.95. The third kappa shape index (κ3) is 3.91. The number of benzene rings is 1. The second kappa shape index (κ2) is 7.71. The summed E-state index contributed by atoms with van der Waals surface area (Å²) < 4.78 is 21.2. The Labute approximate surface area is 162 Å². The molecule has 0 aliphatic carbocycles. The lowest BCUT2D eigenvalue weighted by Gasteiger charge is -2.42. The van der Waals surface area contributed by atoms with Crippen LogP contribution in [0, 0.1) is 5.82 Å². The van der Waals surface area contributed by atoms with E-state index in [-0.39, 0.29) is 30.8 Å². The van der Waals surface area contributed by atoms with E-state index in [2.05, 4.69) is 5.10 Å². The lowest BCUT2D eigenvalue weighted by molar-refractivity contribution is -0.141. The number of hydrogen-bond acceptors (Lipinski definition) is 4. The van der Waals surface area contributed by atoms with Gasteiger partial charge in [0, 0.05) is 31.2 Å². The number of hydrogen-bond donors (Lipinski definition) is 0. The van der Waals surface area contributed by atoms with Crippen LogP contribution in [0.4, 0.5) is 10.1 Å². The van der Waals surface area contributed by atoms with Crippen molar-refractivity contribution in [2.75, 3.05) is 31.1 Å². The molecule has 8 heteroatoms. The van der Waals surface area contributed by atoms with Gasteiger partial charge in [0.05, 0.1) is 12.1 Å². The smallest absolute Gasteiger partial charge is 0.253 e. The maximum atomic E-state index is 13.6. The molecule has 1 atom stereocenters. The molecular formula is C20H23FN4O3. The maximum absolute atomic E-state index is 13.6. The van der Waals surface area contributed by atoms with Gasteiger partial charge in [-0.05, 0) is 43.5 Å². The summed E-state index contributed by atoms with van der Waals surface area (Å²) in [6, 6.07) is 7.85. The van der Waals surface area contributed by atoms with Crippen LogP contribution < -0.4 is 4.90 Å². The Hall–Kier alpha value is -2.74. The highest BCUT2D eigenvalue weighted by Gasteiger charge is 2.42. The fourth-order valence-electron chi connectivity index (χ4n) is 3.95. The van der Waals surface area contributed by atoms with E-state index in [1.807, 2.05) is 4.90 Å². The van der Waals surface area contributed by atoms with Crippen molar-refractivity contribution in [3.63, 3.8) is 0 Å². The molecule has 28 heavy (non-hydrogen) atoms. The molecule has 2 amide bonds. The number of anilines is 1. The first-order valence-corrected chi connectivity index (χ1v) is 9.50. The molecule has 1 unspecified atom stereocenters. The predicted octanol–water partition coefficient (Wildman–Crippen LogP) is 1.84. The first kappa shape index (κ1) is 18.6. The molecule has 7 nitrogen and oxygen atoms in total. The molecule has 2 fully saturated rings. The summed E-state index contributed by atoms with van der Waals surface area (Å²) >= 11 is 0. The van der Waals surface area contributed by atoms with Crippen LogP contribution in [0.15, 0.2) is 42.7 Å². The average Bonchev–Trinajstić information content (AvgIpc) is 3.10. The first-order chi connectivity index (χ1) is 13.5. The SMILES string of the molecule is O=C(Cn1cccn1)N1CCCC2(CC1)CN(c1cccc(F)c1)C(=O)CO2. The number of aromatic nitrogens is 2. The van der Waals surface area contributed by atoms with Crippen molar-refractivity contribution in [2.45, 2.75) is 31.4 Å². The van der Waals surface area contributed by atoms with Crippen molar-refractivity contribution in [3.8, 4) is 0 Å². The number of likely N-dealkylation sites (tertiary alicyclic amines) is 1. The van der Waals surface area contributed by atoms with Gasteiger partial charge in [0.15, 0.2) is 0 Å². The van der Waals surface area contributed by atoms with Gasteiger partial charge in [-0.25, -0.2) is 4.39 Å². The molecule has 148 valence electrons. The summed E-state index contributed by atoms with van der Waals surface area (Å²) in [5.41, 5.74) is 0.0320. The molecule has 0 bridgehead atoms. The number of ether oxygens (including phenoxy) is 1. The van der Waals surface area contributed by atoms with E-state index in [4.69, 9.17) is 4.74 Å². The van der Waals surface area contributed by atoms with Gasteiger partial charge in [0.1, 0.15) is 19.0 Å². The van der Waals surface area contributed by atoms with Gasteiger partial charge in [-0.3, -0.25) is 14.3 Å². The second-order valence-electron chi connectivity index (χ2n) is 7.37. The maximum Gasteiger partial charge on any atom is 0.253 e. The van der Waals surface area contributed by atoms with E-state index in [0.717, 1.165) is 12.8 Å². The summed E-state index contributed by atoms with van der Waals surface area (Å²) in [4.78, 5) is 28.4. The van der Waals surface area contributed by atoms with Crippen LogP contribution in [-0.4, -0.2) is 58.3 Å². The van der Waals surface area contributed by atoms with Gasteiger partial charge >= 0.3 is 0 Å². The molecule has 1 aromatic carbocycles. The van der Waals surface area contributed by atoms with Crippen LogP contribution in [0.1, 0.15) is 19.3 Å². The summed E-state index contributed by atoms with van der Waals surface area (Å²) in [6.07, 6.45) is 5.59. The van der Waals surface area contributed by atoms with Crippen LogP contribution in [0.5, 0.6) is 0 Å². The summed E-state index contributed by atoms with van der Waals surface area (Å²) in [5.74, 6) is -0.524. The van der Waals surface area contributed by atoms with Gasteiger partial charge in [0.25, 0.3) is 5.91 Å². The van der Waals surface area contributed by atoms with Crippen molar-refractivity contribution in [3.05, 3.63) is 48.5 Å². The van der Waals surface area contributed by atoms with E-state index in [1.165, 1.54) is 12.1 Å². The number of rotatable bonds is 3. The van der Waals surface area contributed by atoms with Gasteiger partial charge in [-0.1, -0.05) is 6.07 Å². The minimum Gasteiger partial charge on any atom is -0.363 e. The van der Waals surface area contributed by atoms with Gasteiger partial charge in [-0.15, -0.1) is 0 Å². The van der Waals surface area contributed by atoms with Crippen molar-refractivity contribution in [1.29, 1.82) is 0 Å². The molecule has 1 spiro atoms. The zero-order valence-electron chi connectivity index (χ0n) is 15.6. The molecule has 4 rings (SSSR count). The molecular weight excluding hydrogens is 363 g/mol. The second-order valence-corrected chi connectivity index (χ2v) is 7.37. The molecule has 2 aliphatic rings. The van der Waals surface area contributed by atoms with Crippen LogP contribution in [-0.2, 0) is 20.9 Å². The fourth-order valence-corrected chi connectivity index (χ4v) is 3.95. The third-order valence-corrected chi connectivity index (χ3v) is 5.48. The van der Waals surface area contributed by atoms with Gasteiger partial charge in [-0.2, -0.15) is 5.10 Å². The van der Waals surface area contributed by atoms with Crippen LogP contribution in [0.2, 0.25) is 0 Å². The fraction of sp³-hybridized carbons (Fsp3) is 0.450. The van der Waals surface area contributed by atoms with Crippen LogP contribution >= 0.6 is 0 Å². The van der Waals surface area contributed by atoms with Gasteiger partial charge in [0.2, 0.25) is 5.91 Å². The van der Waals surface area contributed by atoms with Crippen LogP contribution in [0.25, 0.3) is 0 Å². The summed E-state index contributed by atoms with van der Waals surface area (Å²) in [7, 11) is 0. The number of halogens is 1. The molecule has 0 radical (unpaired) electrons. The number of morpholine rings is 1. The van der Waals surface area contributed by atoms with Crippen LogP contribution in [0.3, 0.4) is 0 Å². The van der Waals surface area contributed by atoms with E-state index in [1.54, 1.807) is 40.2 Å². The van der Waals surface area contributed by atoms with Crippen molar-refractivity contribution >= 4 is 17.5 Å². The zero-order chi connectivity index (χ0) is 19.6. The highest BCUT2D eigenvalue weighted by atomic mass is 19.1. The zero-order valence-corrected chi connectivity index (χ0v) is 15.6. The number of amides is 2. The molecule has 0 saturated carbocycles. The Morgan fingerprint density at radius 1 is 1.25 bits per heavy atom. The Balaban J connectivity index is 1.45. The van der Waals surface area contributed by atoms with E-state index in [9.17, 15) is 14.0 Å².